The standard InChI is InChI=1S/C15H23NO2/c1-15(2,17-3)9-8-12(16)14-10-11-6-4-5-7-13(11)18-14/h4-7,12,14H,8-10,16H2,1-3H3. The second-order valence-electron chi connectivity index (χ2n) is 5.63. The van der Waals surface area contributed by atoms with Gasteiger partial charge in [0.2, 0.25) is 0 Å². The molecule has 2 unspecified atom stereocenters. The maximum Gasteiger partial charge on any atom is 0.123 e. The van der Waals surface area contributed by atoms with Crippen molar-refractivity contribution >= 4 is 0 Å². The highest BCUT2D eigenvalue weighted by atomic mass is 16.5. The Bertz CT molecular complexity index is 378. The molecule has 0 aliphatic carbocycles. The lowest BCUT2D eigenvalue weighted by Crippen LogP contribution is -2.39. The molecular formula is C15H23NO2. The molecule has 0 fully saturated rings. The summed E-state index contributed by atoms with van der Waals surface area (Å²) in [5.74, 6) is 0.990. The fraction of sp³-hybridized carbons (Fsp3) is 0.600. The molecule has 1 aliphatic heterocycles. The number of hydrogen-bond acceptors (Lipinski definition) is 3. The molecule has 18 heavy (non-hydrogen) atoms. The molecule has 0 radical (unpaired) electrons. The van der Waals surface area contributed by atoms with Gasteiger partial charge in [-0.05, 0) is 38.3 Å². The Morgan fingerprint density at radius 1 is 1.44 bits per heavy atom. The highest BCUT2D eigenvalue weighted by Gasteiger charge is 2.29. The molecule has 1 aromatic carbocycles. The van der Waals surface area contributed by atoms with Gasteiger partial charge in [-0.2, -0.15) is 0 Å². The van der Waals surface area contributed by atoms with Crippen molar-refractivity contribution in [3.63, 3.8) is 0 Å². The van der Waals surface area contributed by atoms with Crippen molar-refractivity contribution < 1.29 is 9.47 Å². The Balaban J connectivity index is 1.88. The first-order valence-electron chi connectivity index (χ1n) is 6.57. The van der Waals surface area contributed by atoms with Gasteiger partial charge in [0.05, 0.1) is 5.60 Å². The predicted octanol–water partition coefficient (Wildman–Crippen LogP) is 2.52. The van der Waals surface area contributed by atoms with E-state index in [0.29, 0.717) is 0 Å². The van der Waals surface area contributed by atoms with Crippen LogP contribution in [0.1, 0.15) is 32.3 Å². The minimum absolute atomic E-state index is 0.0619. The van der Waals surface area contributed by atoms with Crippen LogP contribution >= 0.6 is 0 Å². The number of rotatable bonds is 5. The maximum atomic E-state index is 6.24. The van der Waals surface area contributed by atoms with Crippen molar-refractivity contribution in [1.29, 1.82) is 0 Å². The lowest BCUT2D eigenvalue weighted by Gasteiger charge is -2.26. The molecule has 100 valence electrons. The van der Waals surface area contributed by atoms with Crippen LogP contribution in [0.4, 0.5) is 0 Å². The van der Waals surface area contributed by atoms with Gasteiger partial charge in [0.15, 0.2) is 0 Å². The molecule has 0 saturated heterocycles. The van der Waals surface area contributed by atoms with Crippen LogP contribution in [0.25, 0.3) is 0 Å². The van der Waals surface area contributed by atoms with Crippen LogP contribution in [-0.2, 0) is 11.2 Å². The van der Waals surface area contributed by atoms with Gasteiger partial charge >= 0.3 is 0 Å². The molecule has 2 atom stereocenters. The smallest absolute Gasteiger partial charge is 0.123 e. The molecule has 0 saturated carbocycles. The summed E-state index contributed by atoms with van der Waals surface area (Å²) in [7, 11) is 1.74. The number of para-hydroxylation sites is 1. The van der Waals surface area contributed by atoms with Gasteiger partial charge in [0.25, 0.3) is 0 Å². The predicted molar refractivity (Wildman–Crippen MR) is 72.9 cm³/mol. The van der Waals surface area contributed by atoms with E-state index in [9.17, 15) is 0 Å². The van der Waals surface area contributed by atoms with Crippen molar-refractivity contribution in [1.82, 2.24) is 0 Å². The van der Waals surface area contributed by atoms with E-state index in [4.69, 9.17) is 15.2 Å². The average molecular weight is 249 g/mol. The van der Waals surface area contributed by atoms with Crippen LogP contribution in [0.3, 0.4) is 0 Å². The van der Waals surface area contributed by atoms with Crippen molar-refractivity contribution in [3.8, 4) is 5.75 Å². The first-order chi connectivity index (χ1) is 8.52. The van der Waals surface area contributed by atoms with E-state index in [2.05, 4.69) is 19.9 Å². The fourth-order valence-electron chi connectivity index (χ4n) is 2.25. The largest absolute Gasteiger partial charge is 0.488 e. The Labute approximate surface area is 109 Å². The number of fused-ring (bicyclic) bond motifs is 1. The van der Waals surface area contributed by atoms with Crippen LogP contribution in [-0.4, -0.2) is 24.9 Å². The van der Waals surface area contributed by atoms with Crippen molar-refractivity contribution in [2.75, 3.05) is 7.11 Å². The summed E-state index contributed by atoms with van der Waals surface area (Å²) in [6.07, 6.45) is 2.89. The summed E-state index contributed by atoms with van der Waals surface area (Å²) in [4.78, 5) is 0. The van der Waals surface area contributed by atoms with Crippen LogP contribution in [0, 0.1) is 0 Å². The van der Waals surface area contributed by atoms with Crippen molar-refractivity contribution in [2.24, 2.45) is 5.73 Å². The van der Waals surface area contributed by atoms with E-state index in [1.165, 1.54) is 5.56 Å². The zero-order chi connectivity index (χ0) is 13.2. The zero-order valence-corrected chi connectivity index (χ0v) is 11.5. The fourth-order valence-corrected chi connectivity index (χ4v) is 2.25. The maximum absolute atomic E-state index is 6.24. The molecule has 0 bridgehead atoms. The van der Waals surface area contributed by atoms with Crippen molar-refractivity contribution in [2.45, 2.75) is 50.9 Å². The van der Waals surface area contributed by atoms with Gasteiger partial charge < -0.3 is 15.2 Å². The minimum Gasteiger partial charge on any atom is -0.488 e. The van der Waals surface area contributed by atoms with E-state index in [0.717, 1.165) is 25.0 Å². The second kappa shape index (κ2) is 5.29. The van der Waals surface area contributed by atoms with Gasteiger partial charge in [-0.25, -0.2) is 0 Å². The Morgan fingerprint density at radius 2 is 2.17 bits per heavy atom. The second-order valence-corrected chi connectivity index (χ2v) is 5.63. The third-order valence-electron chi connectivity index (χ3n) is 3.78. The van der Waals surface area contributed by atoms with Crippen LogP contribution in [0.5, 0.6) is 5.75 Å². The van der Waals surface area contributed by atoms with Crippen molar-refractivity contribution in [3.05, 3.63) is 29.8 Å². The van der Waals surface area contributed by atoms with E-state index >= 15 is 0 Å². The number of methoxy groups -OCH3 is 1. The highest BCUT2D eigenvalue weighted by Crippen LogP contribution is 2.30. The number of hydrogen-bond donors (Lipinski definition) is 1. The summed E-state index contributed by atoms with van der Waals surface area (Å²) < 4.78 is 11.3. The van der Waals surface area contributed by atoms with E-state index < -0.39 is 0 Å². The SMILES string of the molecule is COC(C)(C)CCC(N)C1Cc2ccccc2O1. The number of ether oxygens (including phenoxy) is 2. The minimum atomic E-state index is -0.108. The van der Waals surface area contributed by atoms with Gasteiger partial charge in [-0.15, -0.1) is 0 Å². The third-order valence-corrected chi connectivity index (χ3v) is 3.78. The lowest BCUT2D eigenvalue weighted by molar-refractivity contribution is 0.00987. The molecule has 1 aromatic rings. The summed E-state index contributed by atoms with van der Waals surface area (Å²) in [6.45, 7) is 4.17. The monoisotopic (exact) mass is 249 g/mol. The normalized spacial score (nSPS) is 20.3. The molecule has 0 aromatic heterocycles. The van der Waals surface area contributed by atoms with Crippen LogP contribution in [0.2, 0.25) is 0 Å². The third kappa shape index (κ3) is 3.03. The molecule has 1 aliphatic rings. The molecular weight excluding hydrogens is 226 g/mol. The molecule has 2 N–H and O–H groups in total. The molecule has 2 rings (SSSR count). The Hall–Kier alpha value is -1.06. The first kappa shape index (κ1) is 13.4. The topological polar surface area (TPSA) is 44.5 Å². The molecule has 3 nitrogen and oxygen atoms in total. The Kier molecular flexibility index (Phi) is 3.93. The summed E-state index contributed by atoms with van der Waals surface area (Å²) in [5, 5.41) is 0. The summed E-state index contributed by atoms with van der Waals surface area (Å²) in [5.41, 5.74) is 7.40. The number of nitrogens with two attached hydrogens (primary N) is 1. The first-order valence-corrected chi connectivity index (χ1v) is 6.57. The van der Waals surface area contributed by atoms with Gasteiger partial charge in [-0.1, -0.05) is 18.2 Å². The average Bonchev–Trinajstić information content (AvgIpc) is 2.80. The van der Waals surface area contributed by atoms with Crippen LogP contribution in [0.15, 0.2) is 24.3 Å². The quantitative estimate of drug-likeness (QED) is 0.872. The van der Waals surface area contributed by atoms with E-state index in [1.54, 1.807) is 7.11 Å². The van der Waals surface area contributed by atoms with E-state index in [-0.39, 0.29) is 17.7 Å². The van der Waals surface area contributed by atoms with E-state index in [1.807, 2.05) is 18.2 Å². The molecule has 0 spiro atoms. The molecule has 3 heteroatoms. The highest BCUT2D eigenvalue weighted by molar-refractivity contribution is 5.37. The zero-order valence-electron chi connectivity index (χ0n) is 11.5. The number of benzene rings is 1. The van der Waals surface area contributed by atoms with Gasteiger partial charge in [0.1, 0.15) is 11.9 Å². The molecule has 1 heterocycles. The lowest BCUT2D eigenvalue weighted by atomic mass is 9.95. The van der Waals surface area contributed by atoms with Gasteiger partial charge in [-0.3, -0.25) is 0 Å². The van der Waals surface area contributed by atoms with Gasteiger partial charge in [0, 0.05) is 19.6 Å². The summed E-state index contributed by atoms with van der Waals surface area (Å²) >= 11 is 0. The Morgan fingerprint density at radius 3 is 2.83 bits per heavy atom. The van der Waals surface area contributed by atoms with Crippen LogP contribution < -0.4 is 10.5 Å². The summed E-state index contributed by atoms with van der Waals surface area (Å²) in [6, 6.07) is 8.24. The molecule has 0 amide bonds.